The Morgan fingerprint density at radius 2 is 1.83 bits per heavy atom. The third kappa shape index (κ3) is 4.86. The molecule has 5 N–H and O–H groups in total. The number of phenolic OH excluding ortho intramolecular Hbond substituents is 1. The second-order valence-corrected chi connectivity index (χ2v) is 1.84. The summed E-state index contributed by atoms with van der Waals surface area (Å²) >= 11 is 0. The van der Waals surface area contributed by atoms with E-state index in [-0.39, 0.29) is 5.75 Å². The average molecular weight is 171 g/mol. The van der Waals surface area contributed by atoms with Crippen molar-refractivity contribution in [2.45, 2.75) is 0 Å². The second kappa shape index (κ2) is 4.78. The van der Waals surface area contributed by atoms with Crippen LogP contribution in [0.2, 0.25) is 0 Å². The van der Waals surface area contributed by atoms with Crippen LogP contribution in [0, 0.1) is 10.1 Å². The maximum atomic E-state index is 8.79. The van der Waals surface area contributed by atoms with Gasteiger partial charge in [0.2, 0.25) is 0 Å². The van der Waals surface area contributed by atoms with Gasteiger partial charge in [-0.25, -0.2) is 10.1 Å². The number of para-hydroxylation sites is 2. The van der Waals surface area contributed by atoms with Gasteiger partial charge >= 0.3 is 0 Å². The number of benzene rings is 1. The first-order valence-electron chi connectivity index (χ1n) is 2.96. The Bertz CT molecular complexity index is 239. The van der Waals surface area contributed by atoms with Crippen molar-refractivity contribution in [1.29, 1.82) is 0 Å². The van der Waals surface area contributed by atoms with E-state index in [0.717, 1.165) is 0 Å². The number of anilines is 1. The standard InChI is InChI=1S/C6H7NO.H2N2O2/c7-5-3-1-2-4-6(5)8;1-2(3)4/h1-4,8H,7H2;1H2. The third-order valence-electron chi connectivity index (χ3n) is 0.937. The summed E-state index contributed by atoms with van der Waals surface area (Å²) < 4.78 is 0. The fourth-order valence-corrected chi connectivity index (χ4v) is 0.488. The highest BCUT2D eigenvalue weighted by atomic mass is 16.7. The van der Waals surface area contributed by atoms with Crippen LogP contribution in [0.5, 0.6) is 5.75 Å². The van der Waals surface area contributed by atoms with Gasteiger partial charge in [-0.15, -0.1) is 0 Å². The lowest BCUT2D eigenvalue weighted by atomic mass is 10.3. The maximum absolute atomic E-state index is 8.79. The van der Waals surface area contributed by atoms with Crippen LogP contribution in [0.15, 0.2) is 24.3 Å². The van der Waals surface area contributed by atoms with Crippen molar-refractivity contribution in [1.82, 2.24) is 0 Å². The van der Waals surface area contributed by atoms with Crippen LogP contribution in [0.25, 0.3) is 0 Å². The van der Waals surface area contributed by atoms with Crippen molar-refractivity contribution >= 4 is 5.69 Å². The van der Waals surface area contributed by atoms with E-state index in [4.69, 9.17) is 21.0 Å². The molecule has 0 spiro atoms. The molecule has 12 heavy (non-hydrogen) atoms. The first-order valence-corrected chi connectivity index (χ1v) is 2.96. The van der Waals surface area contributed by atoms with Crippen LogP contribution in [-0.4, -0.2) is 10.1 Å². The minimum atomic E-state index is -1.00. The molecule has 1 aromatic carbocycles. The van der Waals surface area contributed by atoms with Crippen LogP contribution in [0.4, 0.5) is 5.69 Å². The van der Waals surface area contributed by atoms with Gasteiger partial charge < -0.3 is 10.8 Å². The van der Waals surface area contributed by atoms with Crippen LogP contribution in [0.3, 0.4) is 0 Å². The quantitative estimate of drug-likeness (QED) is 0.168. The number of aromatic hydroxyl groups is 1. The van der Waals surface area contributed by atoms with Gasteiger partial charge in [0, 0.05) is 0 Å². The zero-order valence-electron chi connectivity index (χ0n) is 6.18. The molecule has 0 radical (unpaired) electrons. The van der Waals surface area contributed by atoms with E-state index in [0.29, 0.717) is 5.69 Å². The summed E-state index contributed by atoms with van der Waals surface area (Å²) in [7, 11) is 0. The molecule has 0 saturated heterocycles. The third-order valence-corrected chi connectivity index (χ3v) is 0.937. The van der Waals surface area contributed by atoms with E-state index in [1.807, 2.05) is 0 Å². The summed E-state index contributed by atoms with van der Waals surface area (Å²) in [5.41, 5.74) is 5.69. The minimum absolute atomic E-state index is 0.146. The summed E-state index contributed by atoms with van der Waals surface area (Å²) in [6.07, 6.45) is 0. The number of nitrogen functional groups attached to an aromatic ring is 1. The highest BCUT2D eigenvalue weighted by Gasteiger charge is 1.87. The zero-order chi connectivity index (χ0) is 9.56. The van der Waals surface area contributed by atoms with Crippen LogP contribution < -0.4 is 11.6 Å². The van der Waals surface area contributed by atoms with Gasteiger partial charge in [-0.2, -0.15) is 5.84 Å². The van der Waals surface area contributed by atoms with Crippen molar-refractivity contribution in [2.24, 2.45) is 5.84 Å². The highest BCUT2D eigenvalue weighted by molar-refractivity contribution is 5.50. The van der Waals surface area contributed by atoms with Crippen LogP contribution in [-0.2, 0) is 0 Å². The van der Waals surface area contributed by atoms with E-state index in [9.17, 15) is 0 Å². The Kier molecular flexibility index (Phi) is 3.99. The number of hydrogen-bond acceptors (Lipinski definition) is 4. The normalized spacial score (nSPS) is 8.00. The van der Waals surface area contributed by atoms with Gasteiger partial charge in [0.25, 0.3) is 0 Å². The van der Waals surface area contributed by atoms with Crippen LogP contribution >= 0.6 is 0 Å². The fourth-order valence-electron chi connectivity index (χ4n) is 0.488. The molecular weight excluding hydrogens is 162 g/mol. The Balaban J connectivity index is 0.000000261. The van der Waals surface area contributed by atoms with Crippen molar-refractivity contribution in [2.75, 3.05) is 5.73 Å². The molecule has 0 fully saturated rings. The minimum Gasteiger partial charge on any atom is -0.506 e. The largest absolute Gasteiger partial charge is 0.506 e. The maximum Gasteiger partial charge on any atom is 0.154 e. The summed E-state index contributed by atoms with van der Waals surface area (Å²) in [6.45, 7) is 0. The van der Waals surface area contributed by atoms with Gasteiger partial charge in [0.1, 0.15) is 5.75 Å². The molecule has 0 heterocycles. The molecule has 1 rings (SSSR count). The number of hydrazine groups is 1. The smallest absolute Gasteiger partial charge is 0.154 e. The van der Waals surface area contributed by atoms with Crippen molar-refractivity contribution in [3.63, 3.8) is 0 Å². The molecule has 0 amide bonds. The first-order chi connectivity index (χ1) is 5.54. The highest BCUT2D eigenvalue weighted by Crippen LogP contribution is 2.16. The summed E-state index contributed by atoms with van der Waals surface area (Å²) in [4.78, 5) is 8.58. The van der Waals surface area contributed by atoms with E-state index < -0.39 is 5.03 Å². The lowest BCUT2D eigenvalue weighted by Crippen LogP contribution is -2.04. The molecular formula is C6H9N3O3. The Morgan fingerprint density at radius 1 is 1.42 bits per heavy atom. The number of phenols is 1. The average Bonchev–Trinajstić information content (AvgIpc) is 1.94. The van der Waals surface area contributed by atoms with Crippen LogP contribution in [0.1, 0.15) is 0 Å². The van der Waals surface area contributed by atoms with E-state index in [2.05, 4.69) is 5.84 Å². The van der Waals surface area contributed by atoms with Gasteiger partial charge in [0.05, 0.1) is 5.69 Å². The predicted octanol–water partition coefficient (Wildman–Crippen LogP) is 0.111. The summed E-state index contributed by atoms with van der Waals surface area (Å²) in [6, 6.07) is 6.70. The van der Waals surface area contributed by atoms with Crippen molar-refractivity contribution < 1.29 is 10.1 Å². The lowest BCUT2D eigenvalue weighted by molar-refractivity contribution is -0.491. The number of nitro groups is 1. The molecule has 66 valence electrons. The SMILES string of the molecule is N[N+](=O)[O-].Nc1ccccc1O. The molecule has 0 atom stereocenters. The Labute approximate surface area is 68.5 Å². The molecule has 0 aliphatic carbocycles. The van der Waals surface area contributed by atoms with E-state index >= 15 is 0 Å². The monoisotopic (exact) mass is 171 g/mol. The number of nitrogens with two attached hydrogens (primary N) is 2. The van der Waals surface area contributed by atoms with E-state index in [1.54, 1.807) is 24.3 Å². The van der Waals surface area contributed by atoms with Gasteiger partial charge in [-0.05, 0) is 12.1 Å². The fraction of sp³-hybridized carbons (Fsp3) is 0. The molecule has 6 heteroatoms. The predicted molar refractivity (Wildman–Crippen MR) is 43.7 cm³/mol. The molecule has 0 aromatic heterocycles. The molecule has 0 bridgehead atoms. The van der Waals surface area contributed by atoms with Crippen molar-refractivity contribution in [3.8, 4) is 5.75 Å². The number of rotatable bonds is 0. The van der Waals surface area contributed by atoms with Gasteiger partial charge in [0.15, 0.2) is 5.03 Å². The van der Waals surface area contributed by atoms with Crippen molar-refractivity contribution in [3.05, 3.63) is 34.4 Å². The Morgan fingerprint density at radius 3 is 2.08 bits per heavy atom. The molecule has 0 saturated carbocycles. The molecule has 0 unspecified atom stereocenters. The second-order valence-electron chi connectivity index (χ2n) is 1.84. The topological polar surface area (TPSA) is 115 Å². The molecule has 0 aliphatic heterocycles. The lowest BCUT2D eigenvalue weighted by Gasteiger charge is -1.92. The zero-order valence-corrected chi connectivity index (χ0v) is 6.18. The van der Waals surface area contributed by atoms with Gasteiger partial charge in [-0.3, -0.25) is 0 Å². The summed E-state index contributed by atoms with van der Waals surface area (Å²) in [5.74, 6) is 3.98. The Hall–Kier alpha value is -1.98. The first kappa shape index (κ1) is 10.0. The van der Waals surface area contributed by atoms with Gasteiger partial charge in [-0.1, -0.05) is 12.1 Å². The number of hydrogen-bond donors (Lipinski definition) is 3. The molecule has 1 aromatic rings. The molecule has 6 nitrogen and oxygen atoms in total. The summed E-state index contributed by atoms with van der Waals surface area (Å²) in [5, 5.41) is 16.4. The van der Waals surface area contributed by atoms with E-state index in [1.165, 1.54) is 0 Å². The molecule has 0 aliphatic rings. The number of nitrogens with zero attached hydrogens (tertiary/aromatic N) is 1.